The average Bonchev–Trinajstić information content (AvgIpc) is 2.48. The SMILES string of the molecule is CCCN1CCN(S(=O)(=O)c2ccc(OC)c(Cl)c2)CC1. The molecule has 1 saturated heterocycles. The van der Waals surface area contributed by atoms with E-state index in [1.54, 1.807) is 12.1 Å². The van der Waals surface area contributed by atoms with Gasteiger partial charge in [-0.15, -0.1) is 0 Å². The third kappa shape index (κ3) is 3.69. The van der Waals surface area contributed by atoms with Gasteiger partial charge in [-0.2, -0.15) is 4.31 Å². The van der Waals surface area contributed by atoms with Gasteiger partial charge in [0.2, 0.25) is 10.0 Å². The molecule has 7 heteroatoms. The van der Waals surface area contributed by atoms with Crippen LogP contribution < -0.4 is 4.74 Å². The number of rotatable bonds is 5. The molecule has 0 aromatic heterocycles. The number of nitrogens with zero attached hydrogens (tertiary/aromatic N) is 2. The summed E-state index contributed by atoms with van der Waals surface area (Å²) < 4.78 is 31.8. The van der Waals surface area contributed by atoms with Gasteiger partial charge in [-0.25, -0.2) is 8.42 Å². The summed E-state index contributed by atoms with van der Waals surface area (Å²) in [7, 11) is -1.98. The van der Waals surface area contributed by atoms with Crippen LogP contribution in [0, 0.1) is 0 Å². The Balaban J connectivity index is 2.14. The lowest BCUT2D eigenvalue weighted by molar-refractivity contribution is 0.188. The minimum atomic E-state index is -3.48. The predicted molar refractivity (Wildman–Crippen MR) is 83.5 cm³/mol. The molecule has 2 rings (SSSR count). The second kappa shape index (κ2) is 6.96. The second-order valence-electron chi connectivity index (χ2n) is 5.04. The van der Waals surface area contributed by atoms with Crippen molar-refractivity contribution in [2.45, 2.75) is 18.2 Å². The highest BCUT2D eigenvalue weighted by molar-refractivity contribution is 7.89. The molecule has 0 atom stereocenters. The average molecular weight is 333 g/mol. The first-order valence-electron chi connectivity index (χ1n) is 7.05. The Bertz CT molecular complexity index is 584. The van der Waals surface area contributed by atoms with Gasteiger partial charge in [0, 0.05) is 26.2 Å². The van der Waals surface area contributed by atoms with Crippen LogP contribution in [0.1, 0.15) is 13.3 Å². The number of hydrogen-bond donors (Lipinski definition) is 0. The van der Waals surface area contributed by atoms with Gasteiger partial charge in [-0.1, -0.05) is 18.5 Å². The smallest absolute Gasteiger partial charge is 0.243 e. The number of sulfonamides is 1. The van der Waals surface area contributed by atoms with Gasteiger partial charge in [0.15, 0.2) is 0 Å². The quantitative estimate of drug-likeness (QED) is 0.828. The van der Waals surface area contributed by atoms with Crippen molar-refractivity contribution in [2.24, 2.45) is 0 Å². The molecule has 0 spiro atoms. The van der Waals surface area contributed by atoms with Gasteiger partial charge in [-0.3, -0.25) is 0 Å². The van der Waals surface area contributed by atoms with Crippen LogP contribution in [0.3, 0.4) is 0 Å². The summed E-state index contributed by atoms with van der Waals surface area (Å²) in [6, 6.07) is 4.58. The van der Waals surface area contributed by atoms with Crippen molar-refractivity contribution >= 4 is 21.6 Å². The summed E-state index contributed by atoms with van der Waals surface area (Å²) in [5, 5.41) is 0.309. The Kier molecular flexibility index (Phi) is 5.48. The minimum absolute atomic E-state index is 0.220. The van der Waals surface area contributed by atoms with E-state index in [9.17, 15) is 8.42 Å². The van der Waals surface area contributed by atoms with Crippen LogP contribution in [-0.2, 0) is 10.0 Å². The summed E-state index contributed by atoms with van der Waals surface area (Å²) in [5.41, 5.74) is 0. The Morgan fingerprint density at radius 3 is 2.43 bits per heavy atom. The Morgan fingerprint density at radius 1 is 1.24 bits per heavy atom. The highest BCUT2D eigenvalue weighted by Crippen LogP contribution is 2.28. The van der Waals surface area contributed by atoms with Crippen molar-refractivity contribution < 1.29 is 13.2 Å². The molecule has 1 aromatic carbocycles. The highest BCUT2D eigenvalue weighted by atomic mass is 35.5. The number of halogens is 1. The second-order valence-corrected chi connectivity index (χ2v) is 7.39. The molecule has 0 amide bonds. The molecule has 0 bridgehead atoms. The van der Waals surface area contributed by atoms with Gasteiger partial charge >= 0.3 is 0 Å². The topological polar surface area (TPSA) is 49.9 Å². The zero-order valence-electron chi connectivity index (χ0n) is 12.4. The van der Waals surface area contributed by atoms with E-state index in [1.165, 1.54) is 17.5 Å². The monoisotopic (exact) mass is 332 g/mol. The molecule has 0 aliphatic carbocycles. The van der Waals surface area contributed by atoms with E-state index < -0.39 is 10.0 Å². The van der Waals surface area contributed by atoms with Crippen LogP contribution in [0.2, 0.25) is 5.02 Å². The highest BCUT2D eigenvalue weighted by Gasteiger charge is 2.28. The Hall–Kier alpha value is -0.820. The molecule has 1 fully saturated rings. The molecule has 1 aliphatic heterocycles. The zero-order valence-corrected chi connectivity index (χ0v) is 14.0. The summed E-state index contributed by atoms with van der Waals surface area (Å²) in [5.74, 6) is 0.475. The lowest BCUT2D eigenvalue weighted by Gasteiger charge is -2.33. The van der Waals surface area contributed by atoms with Crippen LogP contribution in [0.4, 0.5) is 0 Å². The lowest BCUT2D eigenvalue weighted by atomic mass is 10.3. The van der Waals surface area contributed by atoms with E-state index in [2.05, 4.69) is 11.8 Å². The third-order valence-electron chi connectivity index (χ3n) is 3.63. The molecule has 21 heavy (non-hydrogen) atoms. The molecular formula is C14H21ClN2O3S. The maximum Gasteiger partial charge on any atom is 0.243 e. The number of piperazine rings is 1. The van der Waals surface area contributed by atoms with Crippen LogP contribution in [0.15, 0.2) is 23.1 Å². The summed E-state index contributed by atoms with van der Waals surface area (Å²) in [4.78, 5) is 2.50. The van der Waals surface area contributed by atoms with Crippen molar-refractivity contribution in [3.05, 3.63) is 23.2 Å². The van der Waals surface area contributed by atoms with Gasteiger partial charge < -0.3 is 9.64 Å². The first kappa shape index (κ1) is 16.5. The molecule has 1 aromatic rings. The van der Waals surface area contributed by atoms with Gasteiger partial charge in [0.05, 0.1) is 17.0 Å². The number of methoxy groups -OCH3 is 1. The molecule has 1 aliphatic rings. The number of benzene rings is 1. The lowest BCUT2D eigenvalue weighted by Crippen LogP contribution is -2.48. The molecule has 0 saturated carbocycles. The van der Waals surface area contributed by atoms with Crippen molar-refractivity contribution in [3.8, 4) is 5.75 Å². The molecule has 5 nitrogen and oxygen atoms in total. The van der Waals surface area contributed by atoms with Crippen molar-refractivity contribution in [2.75, 3.05) is 39.8 Å². The van der Waals surface area contributed by atoms with E-state index in [1.807, 2.05) is 0 Å². The van der Waals surface area contributed by atoms with Crippen molar-refractivity contribution in [3.63, 3.8) is 0 Å². The van der Waals surface area contributed by atoms with Crippen LogP contribution in [0.25, 0.3) is 0 Å². The van der Waals surface area contributed by atoms with Gasteiger partial charge in [-0.05, 0) is 31.2 Å². The Morgan fingerprint density at radius 2 is 1.90 bits per heavy atom. The zero-order chi connectivity index (χ0) is 15.5. The maximum atomic E-state index is 12.6. The summed E-state index contributed by atoms with van der Waals surface area (Å²) in [6.45, 7) is 5.73. The standard InChI is InChI=1S/C14H21ClN2O3S/c1-3-6-16-7-9-17(10-8-16)21(18,19)12-4-5-14(20-2)13(15)11-12/h4-5,11H,3,6-10H2,1-2H3. The van der Waals surface area contributed by atoms with Gasteiger partial charge in [0.25, 0.3) is 0 Å². The summed E-state index contributed by atoms with van der Waals surface area (Å²) in [6.07, 6.45) is 1.08. The van der Waals surface area contributed by atoms with Crippen molar-refractivity contribution in [1.82, 2.24) is 9.21 Å². The maximum absolute atomic E-state index is 12.6. The molecule has 0 N–H and O–H groups in total. The number of hydrogen-bond acceptors (Lipinski definition) is 4. The van der Waals surface area contributed by atoms with Crippen LogP contribution >= 0.6 is 11.6 Å². The van der Waals surface area contributed by atoms with Crippen LogP contribution in [0.5, 0.6) is 5.75 Å². The first-order chi connectivity index (χ1) is 9.98. The largest absolute Gasteiger partial charge is 0.495 e. The molecule has 1 heterocycles. The fraction of sp³-hybridized carbons (Fsp3) is 0.571. The van der Waals surface area contributed by atoms with Crippen LogP contribution in [-0.4, -0.2) is 57.5 Å². The van der Waals surface area contributed by atoms with E-state index in [4.69, 9.17) is 16.3 Å². The fourth-order valence-electron chi connectivity index (χ4n) is 2.47. The predicted octanol–water partition coefficient (Wildman–Crippen LogP) is 2.06. The first-order valence-corrected chi connectivity index (χ1v) is 8.87. The van der Waals surface area contributed by atoms with E-state index in [-0.39, 0.29) is 4.90 Å². The molecular weight excluding hydrogens is 312 g/mol. The molecule has 0 radical (unpaired) electrons. The minimum Gasteiger partial charge on any atom is -0.495 e. The normalized spacial score (nSPS) is 17.9. The molecule has 118 valence electrons. The van der Waals surface area contributed by atoms with E-state index in [0.29, 0.717) is 23.9 Å². The van der Waals surface area contributed by atoms with Crippen molar-refractivity contribution in [1.29, 1.82) is 0 Å². The Labute approximate surface area is 131 Å². The van der Waals surface area contributed by atoms with E-state index in [0.717, 1.165) is 26.1 Å². The summed E-state index contributed by atoms with van der Waals surface area (Å²) >= 11 is 6.02. The third-order valence-corrected chi connectivity index (χ3v) is 5.82. The number of ether oxygens (including phenoxy) is 1. The molecule has 0 unspecified atom stereocenters. The van der Waals surface area contributed by atoms with E-state index >= 15 is 0 Å². The van der Waals surface area contributed by atoms with Gasteiger partial charge in [0.1, 0.15) is 5.75 Å². The fourth-order valence-corrected chi connectivity index (χ4v) is 4.24.